The molecule has 1 aromatic carbocycles. The zero-order chi connectivity index (χ0) is 30.2. The van der Waals surface area contributed by atoms with Crippen LogP contribution < -0.4 is 16.0 Å². The Labute approximate surface area is 251 Å². The Morgan fingerprint density at radius 3 is 2.33 bits per heavy atom. The SMILES string of the molecule is CNC(C)C(=O)NC(C(=O)N1C2=C(c3c[nH]c4cc(F)ccc34)CNC2CC1C(C)=O)C1CCCCC1.c1cc2ccc1-2. The second-order valence-electron chi connectivity index (χ2n) is 12.2. The van der Waals surface area contributed by atoms with Crippen molar-refractivity contribution in [3.05, 3.63) is 65.7 Å². The number of carbonyl (C=O) groups excluding carboxylic acids is 3. The van der Waals surface area contributed by atoms with Crippen LogP contribution in [-0.4, -0.2) is 65.2 Å². The summed E-state index contributed by atoms with van der Waals surface area (Å²) < 4.78 is 13.8. The lowest BCUT2D eigenvalue weighted by molar-refractivity contribution is -0.140. The van der Waals surface area contributed by atoms with Crippen molar-refractivity contribution in [3.63, 3.8) is 0 Å². The number of aromatic amines is 1. The van der Waals surface area contributed by atoms with Crippen molar-refractivity contribution in [2.75, 3.05) is 13.6 Å². The lowest BCUT2D eigenvalue weighted by Gasteiger charge is -2.35. The molecule has 7 rings (SSSR count). The molecule has 1 saturated heterocycles. The minimum atomic E-state index is -0.699. The fraction of sp³-hybridized carbons (Fsp3) is 0.441. The number of halogens is 1. The Morgan fingerprint density at radius 2 is 1.72 bits per heavy atom. The van der Waals surface area contributed by atoms with E-state index in [1.165, 1.54) is 30.2 Å². The van der Waals surface area contributed by atoms with Crippen LogP contribution in [0.3, 0.4) is 0 Å². The number of nitrogens with one attached hydrogen (secondary N) is 4. The number of H-pyrrole nitrogens is 1. The van der Waals surface area contributed by atoms with E-state index in [-0.39, 0.29) is 35.4 Å². The Hall–Kier alpha value is -3.82. The standard InChI is InChI=1S/C28H36FN5O3.C6H4/c1-15(30-3)27(36)33-25(17-7-5-4-6-8-17)28(37)34-24(16(2)35)12-23-26(34)21(14-32-23)20-13-31-22-11-18(29)9-10-19(20)22;1-2-6-4-3-5(1)6/h9-11,13,15,17,23-25,30-32H,4-8,12,14H2,1-3H3,(H,33,36);1-4H. The summed E-state index contributed by atoms with van der Waals surface area (Å²) in [5, 5.41) is 10.3. The number of fused-ring (bicyclic) bond motifs is 3. The van der Waals surface area contributed by atoms with Crippen LogP contribution in [0.15, 0.2) is 54.4 Å². The number of likely N-dealkylation sites (N-methyl/N-ethyl adjacent to an activating group) is 1. The van der Waals surface area contributed by atoms with Crippen LogP contribution in [0.4, 0.5) is 4.39 Å². The molecule has 226 valence electrons. The Balaban J connectivity index is 0.000000482. The number of hydrogen-bond acceptors (Lipinski definition) is 5. The number of hydrogen-bond donors (Lipinski definition) is 4. The molecule has 9 heteroatoms. The quantitative estimate of drug-likeness (QED) is 0.255. The number of carbonyl (C=O) groups is 3. The van der Waals surface area contributed by atoms with E-state index in [2.05, 4.69) is 45.2 Å². The van der Waals surface area contributed by atoms with E-state index in [9.17, 15) is 18.8 Å². The lowest BCUT2D eigenvalue weighted by Crippen LogP contribution is -2.57. The lowest BCUT2D eigenvalue weighted by atomic mass is 9.83. The van der Waals surface area contributed by atoms with Crippen molar-refractivity contribution in [2.45, 2.75) is 76.5 Å². The molecule has 5 aliphatic rings. The van der Waals surface area contributed by atoms with Crippen molar-refractivity contribution >= 4 is 34.1 Å². The normalized spacial score (nSPS) is 22.1. The third-order valence-electron chi connectivity index (χ3n) is 9.60. The maximum atomic E-state index is 14.4. The molecule has 2 aromatic rings. The van der Waals surface area contributed by atoms with Crippen LogP contribution in [0.1, 0.15) is 57.9 Å². The number of ketones is 1. The molecule has 2 amide bonds. The summed E-state index contributed by atoms with van der Waals surface area (Å²) in [4.78, 5) is 45.0. The van der Waals surface area contributed by atoms with Gasteiger partial charge in [0.05, 0.1) is 18.1 Å². The third-order valence-corrected chi connectivity index (χ3v) is 9.60. The average molecular weight is 586 g/mol. The van der Waals surface area contributed by atoms with Crippen molar-refractivity contribution in [1.82, 2.24) is 25.8 Å². The molecule has 0 bridgehead atoms. The van der Waals surface area contributed by atoms with Crippen LogP contribution in [0, 0.1) is 11.7 Å². The molecular formula is C34H40FN5O3. The number of aromatic nitrogens is 1. The first-order valence-corrected chi connectivity index (χ1v) is 15.4. The maximum Gasteiger partial charge on any atom is 0.250 e. The molecule has 43 heavy (non-hydrogen) atoms. The van der Waals surface area contributed by atoms with Crippen LogP contribution in [0.2, 0.25) is 0 Å². The second-order valence-corrected chi connectivity index (χ2v) is 12.2. The fourth-order valence-electron chi connectivity index (χ4n) is 6.90. The molecule has 4 atom stereocenters. The number of benzene rings is 2. The molecule has 0 spiro atoms. The van der Waals surface area contributed by atoms with Gasteiger partial charge >= 0.3 is 0 Å². The highest BCUT2D eigenvalue weighted by molar-refractivity contribution is 6.00. The summed E-state index contributed by atoms with van der Waals surface area (Å²) in [6, 6.07) is 11.2. The van der Waals surface area contributed by atoms with Gasteiger partial charge in [0.15, 0.2) is 5.78 Å². The van der Waals surface area contributed by atoms with Gasteiger partial charge in [0.2, 0.25) is 11.8 Å². The van der Waals surface area contributed by atoms with Crippen molar-refractivity contribution in [2.24, 2.45) is 5.92 Å². The highest BCUT2D eigenvalue weighted by atomic mass is 19.1. The number of nitrogens with zero attached hydrogens (tertiary/aromatic N) is 1. The summed E-state index contributed by atoms with van der Waals surface area (Å²) >= 11 is 0. The van der Waals surface area contributed by atoms with Crippen LogP contribution in [0.5, 0.6) is 0 Å². The average Bonchev–Trinajstić information content (AvgIpc) is 3.71. The monoisotopic (exact) mass is 585 g/mol. The molecule has 2 aliphatic heterocycles. The molecule has 0 radical (unpaired) electrons. The molecule has 1 aromatic heterocycles. The first-order chi connectivity index (χ1) is 20.8. The molecule has 3 heterocycles. The molecule has 3 aliphatic carbocycles. The molecule has 4 N–H and O–H groups in total. The van der Waals surface area contributed by atoms with Crippen molar-refractivity contribution in [1.29, 1.82) is 0 Å². The van der Waals surface area contributed by atoms with Crippen LogP contribution >= 0.6 is 0 Å². The van der Waals surface area contributed by atoms with E-state index < -0.39 is 18.1 Å². The molecule has 4 unspecified atom stereocenters. The van der Waals surface area contributed by atoms with E-state index in [1.807, 2.05) is 6.20 Å². The first kappa shape index (κ1) is 29.3. The van der Waals surface area contributed by atoms with Crippen molar-refractivity contribution in [3.8, 4) is 11.1 Å². The molecule has 8 nitrogen and oxygen atoms in total. The van der Waals surface area contributed by atoms with Gasteiger partial charge in [-0.1, -0.05) is 43.5 Å². The van der Waals surface area contributed by atoms with E-state index in [0.717, 1.165) is 54.3 Å². The smallest absolute Gasteiger partial charge is 0.250 e. The largest absolute Gasteiger partial charge is 0.360 e. The maximum absolute atomic E-state index is 14.4. The van der Waals surface area contributed by atoms with Gasteiger partial charge in [-0.2, -0.15) is 0 Å². The summed E-state index contributed by atoms with van der Waals surface area (Å²) in [6.45, 7) is 3.83. The van der Waals surface area contributed by atoms with Gasteiger partial charge < -0.3 is 25.8 Å². The predicted molar refractivity (Wildman–Crippen MR) is 165 cm³/mol. The number of Topliss-reactive ketones (excluding diaryl/α,β-unsaturated/α-hetero) is 1. The second kappa shape index (κ2) is 12.1. The van der Waals surface area contributed by atoms with Crippen LogP contribution in [-0.2, 0) is 14.4 Å². The van der Waals surface area contributed by atoms with Gasteiger partial charge in [0.25, 0.3) is 0 Å². The van der Waals surface area contributed by atoms with Gasteiger partial charge in [-0.25, -0.2) is 4.39 Å². The van der Waals surface area contributed by atoms with Gasteiger partial charge in [0, 0.05) is 34.9 Å². The van der Waals surface area contributed by atoms with Gasteiger partial charge in [-0.3, -0.25) is 14.4 Å². The first-order valence-electron chi connectivity index (χ1n) is 15.4. The van der Waals surface area contributed by atoms with E-state index in [4.69, 9.17) is 0 Å². The Morgan fingerprint density at radius 1 is 1.02 bits per heavy atom. The van der Waals surface area contributed by atoms with Crippen LogP contribution in [0.25, 0.3) is 27.6 Å². The van der Waals surface area contributed by atoms with E-state index in [1.54, 1.807) is 24.9 Å². The summed E-state index contributed by atoms with van der Waals surface area (Å²) in [5.41, 5.74) is 6.15. The van der Waals surface area contributed by atoms with E-state index in [0.29, 0.717) is 18.5 Å². The zero-order valence-corrected chi connectivity index (χ0v) is 25.0. The highest BCUT2D eigenvalue weighted by Gasteiger charge is 2.49. The highest BCUT2D eigenvalue weighted by Crippen LogP contribution is 2.41. The number of likely N-dealkylation sites (tertiary alicyclic amines) is 1. The summed E-state index contributed by atoms with van der Waals surface area (Å²) in [7, 11) is 1.72. The number of amides is 2. The minimum absolute atomic E-state index is 0.0235. The Kier molecular flexibility index (Phi) is 8.20. The topological polar surface area (TPSA) is 106 Å². The predicted octanol–water partition coefficient (Wildman–Crippen LogP) is 4.52. The fourth-order valence-corrected chi connectivity index (χ4v) is 6.90. The Bertz CT molecular complexity index is 1550. The number of rotatable bonds is 7. The summed E-state index contributed by atoms with van der Waals surface area (Å²) in [5.74, 6) is -0.811. The minimum Gasteiger partial charge on any atom is -0.360 e. The third kappa shape index (κ3) is 5.52. The van der Waals surface area contributed by atoms with Crippen molar-refractivity contribution < 1.29 is 18.8 Å². The molecule has 2 fully saturated rings. The molecular weight excluding hydrogens is 545 g/mol. The van der Waals surface area contributed by atoms with Gasteiger partial charge in [-0.15, -0.1) is 0 Å². The molecule has 1 saturated carbocycles. The van der Waals surface area contributed by atoms with Gasteiger partial charge in [0.1, 0.15) is 11.9 Å². The van der Waals surface area contributed by atoms with E-state index >= 15 is 0 Å². The zero-order valence-electron chi connectivity index (χ0n) is 25.0. The summed E-state index contributed by atoms with van der Waals surface area (Å²) in [6.07, 6.45) is 7.23. The van der Waals surface area contributed by atoms with Gasteiger partial charge in [-0.05, 0) is 81.0 Å².